The molecule has 1 N–H and O–H groups in total. The number of amides is 2. The third kappa shape index (κ3) is 4.15. The minimum absolute atomic E-state index is 0.0188. The number of ether oxygens (including phenoxy) is 1. The van der Waals surface area contributed by atoms with Crippen LogP contribution in [0, 0.1) is 0 Å². The van der Waals surface area contributed by atoms with Crippen LogP contribution in [0.5, 0.6) is 0 Å². The quantitative estimate of drug-likeness (QED) is 0.902. The van der Waals surface area contributed by atoms with Crippen LogP contribution in [0.3, 0.4) is 0 Å². The Morgan fingerprint density at radius 1 is 1.50 bits per heavy atom. The van der Waals surface area contributed by atoms with E-state index in [1.54, 1.807) is 17.5 Å². The van der Waals surface area contributed by atoms with Crippen LogP contribution >= 0.6 is 11.3 Å². The Morgan fingerprint density at radius 2 is 2.38 bits per heavy atom. The number of thiophene rings is 1. The molecule has 7 heteroatoms. The predicted molar refractivity (Wildman–Crippen MR) is 94.3 cm³/mol. The zero-order valence-corrected chi connectivity index (χ0v) is 15.0. The molecule has 1 aliphatic rings. The van der Waals surface area contributed by atoms with Gasteiger partial charge in [0.2, 0.25) is 0 Å². The van der Waals surface area contributed by atoms with Gasteiger partial charge in [-0.25, -0.2) is 4.79 Å². The van der Waals surface area contributed by atoms with Crippen molar-refractivity contribution in [2.45, 2.75) is 31.9 Å². The number of hydrogen-bond acceptors (Lipinski definition) is 4. The van der Waals surface area contributed by atoms with Crippen molar-refractivity contribution in [3.8, 4) is 0 Å². The summed E-state index contributed by atoms with van der Waals surface area (Å²) in [7, 11) is 0. The Labute approximate surface area is 146 Å². The second kappa shape index (κ2) is 7.36. The summed E-state index contributed by atoms with van der Waals surface area (Å²) in [5.74, 6) is 0. The lowest BCUT2D eigenvalue weighted by molar-refractivity contribution is -0.0238. The molecule has 2 aromatic heterocycles. The van der Waals surface area contributed by atoms with Crippen molar-refractivity contribution in [3.63, 3.8) is 0 Å². The summed E-state index contributed by atoms with van der Waals surface area (Å²) in [6.45, 7) is 7.36. The first-order valence-corrected chi connectivity index (χ1v) is 9.08. The smallest absolute Gasteiger partial charge is 0.317 e. The van der Waals surface area contributed by atoms with E-state index in [0.29, 0.717) is 32.8 Å². The molecular weight excluding hydrogens is 324 g/mol. The average Bonchev–Trinajstić information content (AvgIpc) is 3.26. The molecule has 3 rings (SSSR count). The van der Waals surface area contributed by atoms with Crippen molar-refractivity contribution in [2.24, 2.45) is 0 Å². The fraction of sp³-hybridized carbons (Fsp3) is 0.529. The number of aromatic nitrogens is 2. The molecule has 2 amide bonds. The number of hydrogen-bond donors (Lipinski definition) is 1. The lowest BCUT2D eigenvalue weighted by atomic mass is 9.91. The fourth-order valence-electron chi connectivity index (χ4n) is 2.79. The first-order valence-electron chi connectivity index (χ1n) is 8.20. The number of nitrogens with zero attached hydrogens (tertiary/aromatic N) is 3. The van der Waals surface area contributed by atoms with Gasteiger partial charge in [-0.3, -0.25) is 4.68 Å². The van der Waals surface area contributed by atoms with Crippen molar-refractivity contribution in [1.29, 1.82) is 0 Å². The maximum atomic E-state index is 12.5. The van der Waals surface area contributed by atoms with Gasteiger partial charge in [0.15, 0.2) is 0 Å². The highest BCUT2D eigenvalue weighted by Crippen LogP contribution is 2.26. The van der Waals surface area contributed by atoms with Gasteiger partial charge in [-0.1, -0.05) is 19.9 Å². The zero-order valence-electron chi connectivity index (χ0n) is 14.1. The molecule has 0 bridgehead atoms. The molecule has 0 aromatic carbocycles. The summed E-state index contributed by atoms with van der Waals surface area (Å²) in [6.07, 6.45) is 3.64. The first kappa shape index (κ1) is 17.0. The van der Waals surface area contributed by atoms with E-state index in [0.717, 1.165) is 0 Å². The van der Waals surface area contributed by atoms with Crippen molar-refractivity contribution in [2.75, 3.05) is 26.2 Å². The lowest BCUT2D eigenvalue weighted by Crippen LogP contribution is -2.52. The Kier molecular flexibility index (Phi) is 5.20. The van der Waals surface area contributed by atoms with Gasteiger partial charge in [-0.2, -0.15) is 5.10 Å². The van der Waals surface area contributed by atoms with Crippen LogP contribution in [0.1, 0.15) is 18.7 Å². The van der Waals surface area contributed by atoms with E-state index in [9.17, 15) is 4.79 Å². The standard InChI is InChI=1S/C17H24N4O2S/c1-17(2,15-5-3-10-24-15)13-18-16(22)20-8-9-23-14(11-20)12-21-7-4-6-19-21/h3-7,10,14H,8-9,11-13H2,1-2H3,(H,18,22). The predicted octanol–water partition coefficient (Wildman–Crippen LogP) is 2.33. The van der Waals surface area contributed by atoms with Crippen molar-refractivity contribution >= 4 is 17.4 Å². The summed E-state index contributed by atoms with van der Waals surface area (Å²) in [4.78, 5) is 15.6. The van der Waals surface area contributed by atoms with Crippen LogP contribution in [0.4, 0.5) is 4.79 Å². The van der Waals surface area contributed by atoms with E-state index in [4.69, 9.17) is 4.74 Å². The van der Waals surface area contributed by atoms with Crippen LogP contribution in [-0.4, -0.2) is 53.1 Å². The third-order valence-corrected chi connectivity index (χ3v) is 5.48. The van der Waals surface area contributed by atoms with Crippen molar-refractivity contribution < 1.29 is 9.53 Å². The van der Waals surface area contributed by atoms with Gasteiger partial charge in [-0.05, 0) is 17.5 Å². The fourth-order valence-corrected chi connectivity index (χ4v) is 3.64. The second-order valence-corrected chi connectivity index (χ2v) is 7.63. The van der Waals surface area contributed by atoms with Crippen molar-refractivity contribution in [3.05, 3.63) is 40.8 Å². The highest BCUT2D eigenvalue weighted by Gasteiger charge is 2.27. The highest BCUT2D eigenvalue weighted by atomic mass is 32.1. The molecule has 0 aliphatic carbocycles. The topological polar surface area (TPSA) is 59.4 Å². The van der Waals surface area contributed by atoms with E-state index >= 15 is 0 Å². The third-order valence-electron chi connectivity index (χ3n) is 4.25. The molecule has 0 radical (unpaired) electrons. The second-order valence-electron chi connectivity index (χ2n) is 6.69. The van der Waals surface area contributed by atoms with E-state index < -0.39 is 0 Å². The van der Waals surface area contributed by atoms with Crippen LogP contribution in [-0.2, 0) is 16.7 Å². The molecule has 1 unspecified atom stereocenters. The SMILES string of the molecule is CC(C)(CNC(=O)N1CCOC(Cn2cccn2)C1)c1cccs1. The summed E-state index contributed by atoms with van der Waals surface area (Å²) in [6, 6.07) is 6.03. The number of carbonyl (C=O) groups is 1. The summed E-state index contributed by atoms with van der Waals surface area (Å²) >= 11 is 1.72. The molecule has 3 heterocycles. The molecule has 130 valence electrons. The molecular formula is C17H24N4O2S. The normalized spacial score (nSPS) is 18.6. The van der Waals surface area contributed by atoms with Gasteiger partial charge in [0.1, 0.15) is 0 Å². The van der Waals surface area contributed by atoms with Crippen molar-refractivity contribution in [1.82, 2.24) is 20.0 Å². The van der Waals surface area contributed by atoms with Crippen LogP contribution in [0.2, 0.25) is 0 Å². The Morgan fingerprint density at radius 3 is 3.08 bits per heavy atom. The first-order chi connectivity index (χ1) is 11.5. The zero-order chi connectivity index (χ0) is 17.0. The molecule has 1 aliphatic heterocycles. The van der Waals surface area contributed by atoms with Gasteiger partial charge >= 0.3 is 6.03 Å². The average molecular weight is 348 g/mol. The van der Waals surface area contributed by atoms with Gasteiger partial charge in [0.05, 0.1) is 25.8 Å². The van der Waals surface area contributed by atoms with Gasteiger partial charge in [0.25, 0.3) is 0 Å². The molecule has 6 nitrogen and oxygen atoms in total. The molecule has 1 atom stereocenters. The molecule has 2 aromatic rings. The lowest BCUT2D eigenvalue weighted by Gasteiger charge is -2.34. The summed E-state index contributed by atoms with van der Waals surface area (Å²) in [5, 5.41) is 9.34. The molecule has 0 saturated carbocycles. The number of rotatable bonds is 5. The van der Waals surface area contributed by atoms with E-state index in [-0.39, 0.29) is 17.6 Å². The largest absolute Gasteiger partial charge is 0.373 e. The molecule has 0 spiro atoms. The van der Waals surface area contributed by atoms with E-state index in [1.807, 2.05) is 27.9 Å². The molecule has 1 saturated heterocycles. The summed E-state index contributed by atoms with van der Waals surface area (Å²) in [5.41, 5.74) is -0.0649. The van der Waals surface area contributed by atoms with E-state index in [1.165, 1.54) is 4.88 Å². The maximum Gasteiger partial charge on any atom is 0.317 e. The Balaban J connectivity index is 1.51. The highest BCUT2D eigenvalue weighted by molar-refractivity contribution is 7.10. The molecule has 24 heavy (non-hydrogen) atoms. The minimum atomic E-state index is -0.0649. The van der Waals surface area contributed by atoms with Gasteiger partial charge in [0, 0.05) is 35.8 Å². The molecule has 1 fully saturated rings. The number of morpholine rings is 1. The Bertz CT molecular complexity index is 640. The minimum Gasteiger partial charge on any atom is -0.373 e. The maximum absolute atomic E-state index is 12.5. The number of carbonyl (C=O) groups excluding carboxylic acids is 1. The van der Waals surface area contributed by atoms with Crippen LogP contribution < -0.4 is 5.32 Å². The summed E-state index contributed by atoms with van der Waals surface area (Å²) < 4.78 is 7.59. The number of nitrogens with one attached hydrogen (secondary N) is 1. The Hall–Kier alpha value is -1.86. The van der Waals surface area contributed by atoms with Crippen LogP contribution in [0.15, 0.2) is 36.0 Å². The van der Waals surface area contributed by atoms with Crippen LogP contribution in [0.25, 0.3) is 0 Å². The monoisotopic (exact) mass is 348 g/mol. The van der Waals surface area contributed by atoms with Gasteiger partial charge in [-0.15, -0.1) is 11.3 Å². The van der Waals surface area contributed by atoms with Gasteiger partial charge < -0.3 is 15.0 Å². The van der Waals surface area contributed by atoms with E-state index in [2.05, 4.69) is 35.7 Å². The number of urea groups is 1.